The molecule has 2 N–H and O–H groups in total. The number of halogens is 2. The van der Waals surface area contributed by atoms with Crippen molar-refractivity contribution in [1.29, 1.82) is 0 Å². The van der Waals surface area contributed by atoms with Crippen LogP contribution < -0.4 is 0 Å². The second-order valence-electron chi connectivity index (χ2n) is 2.28. The molecule has 0 bridgehead atoms. The topological polar surface area (TPSA) is 57.5 Å². The first-order valence-electron chi connectivity index (χ1n) is 3.24. The summed E-state index contributed by atoms with van der Waals surface area (Å²) >= 11 is 10.8. The largest absolute Gasteiger partial charge is 0.325 e. The van der Waals surface area contributed by atoms with E-state index in [2.05, 4.69) is 0 Å². The average Bonchev–Trinajstić information content (AvgIpc) is 1.78. The molecule has 0 radical (unpaired) electrons. The van der Waals surface area contributed by atoms with E-state index in [0.717, 1.165) is 0 Å². The molecule has 0 saturated carbocycles. The highest BCUT2D eigenvalue weighted by Crippen LogP contribution is 2.35. The zero-order chi connectivity index (χ0) is 8.91. The maximum absolute atomic E-state index is 10.3. The van der Waals surface area contributed by atoms with E-state index in [1.54, 1.807) is 0 Å². The highest BCUT2D eigenvalue weighted by atomic mass is 35.5. The number of alkyl halides is 2. The maximum Gasteiger partial charge on any atom is 0.325 e. The second-order valence-corrected chi connectivity index (χ2v) is 5.33. The summed E-state index contributed by atoms with van der Waals surface area (Å²) in [5.74, 6) is 0. The molecule has 0 aliphatic heterocycles. The van der Waals surface area contributed by atoms with Gasteiger partial charge < -0.3 is 9.79 Å². The summed E-state index contributed by atoms with van der Waals surface area (Å²) in [7, 11) is -3.81. The van der Waals surface area contributed by atoms with Crippen molar-refractivity contribution in [3.8, 4) is 0 Å². The van der Waals surface area contributed by atoms with Gasteiger partial charge in [-0.3, -0.25) is 4.57 Å². The Labute approximate surface area is 75.9 Å². The van der Waals surface area contributed by atoms with E-state index in [-0.39, 0.29) is 6.16 Å². The molecule has 0 aliphatic carbocycles. The Morgan fingerprint density at radius 2 is 1.82 bits per heavy atom. The summed E-state index contributed by atoms with van der Waals surface area (Å²) in [5.41, 5.74) is 0. The van der Waals surface area contributed by atoms with Gasteiger partial charge in [0.1, 0.15) is 4.84 Å². The molecule has 0 heterocycles. The van der Waals surface area contributed by atoms with Gasteiger partial charge in [-0.1, -0.05) is 6.42 Å². The molecule has 0 aliphatic rings. The quantitative estimate of drug-likeness (QED) is 0.424. The molecule has 0 amide bonds. The molecule has 11 heavy (non-hydrogen) atoms. The first-order chi connectivity index (χ1) is 4.92. The zero-order valence-corrected chi connectivity index (χ0v) is 8.32. The number of unbranched alkanes of at least 4 members (excludes halogenated alkanes) is 1. The van der Waals surface area contributed by atoms with Gasteiger partial charge >= 0.3 is 7.60 Å². The molecule has 0 rings (SSSR count). The first kappa shape index (κ1) is 11.7. The van der Waals surface area contributed by atoms with Crippen molar-refractivity contribution in [1.82, 2.24) is 0 Å². The fourth-order valence-electron chi connectivity index (χ4n) is 0.616. The molecule has 68 valence electrons. The van der Waals surface area contributed by atoms with Crippen LogP contribution >= 0.6 is 30.8 Å². The van der Waals surface area contributed by atoms with Crippen molar-refractivity contribution in [2.24, 2.45) is 0 Å². The van der Waals surface area contributed by atoms with Crippen LogP contribution in [-0.2, 0) is 4.57 Å². The summed E-state index contributed by atoms with van der Waals surface area (Å²) in [6.45, 7) is 0. The molecule has 0 unspecified atom stereocenters. The van der Waals surface area contributed by atoms with Crippen LogP contribution in [0.15, 0.2) is 0 Å². The highest BCUT2D eigenvalue weighted by molar-refractivity contribution is 7.51. The van der Waals surface area contributed by atoms with Crippen molar-refractivity contribution in [2.75, 3.05) is 6.16 Å². The van der Waals surface area contributed by atoms with Crippen molar-refractivity contribution in [3.05, 3.63) is 0 Å². The van der Waals surface area contributed by atoms with E-state index < -0.39 is 12.4 Å². The summed E-state index contributed by atoms with van der Waals surface area (Å²) in [6.07, 6.45) is 1.64. The SMILES string of the molecule is O=P(O)(O)CCCCC(Cl)Cl. The van der Waals surface area contributed by atoms with Crippen LogP contribution in [0, 0.1) is 0 Å². The van der Waals surface area contributed by atoms with Gasteiger partial charge in [0.15, 0.2) is 0 Å². The number of hydrogen-bond acceptors (Lipinski definition) is 1. The van der Waals surface area contributed by atoms with Gasteiger partial charge in [0, 0.05) is 6.16 Å². The number of hydrogen-bond donors (Lipinski definition) is 2. The minimum atomic E-state index is -3.81. The molecule has 0 aromatic carbocycles. The molecule has 0 aromatic rings. The third-order valence-corrected chi connectivity index (χ3v) is 2.46. The van der Waals surface area contributed by atoms with Crippen LogP contribution in [0.4, 0.5) is 0 Å². The molecule has 6 heteroatoms. The van der Waals surface area contributed by atoms with E-state index >= 15 is 0 Å². The highest BCUT2D eigenvalue weighted by Gasteiger charge is 2.11. The van der Waals surface area contributed by atoms with E-state index in [1.165, 1.54) is 0 Å². The standard InChI is InChI=1S/C5H11Cl2O3P/c6-5(7)3-1-2-4-11(8,9)10/h5H,1-4H2,(H2,8,9,10). The first-order valence-corrected chi connectivity index (χ1v) is 5.91. The van der Waals surface area contributed by atoms with Crippen LogP contribution in [0.25, 0.3) is 0 Å². The minimum Gasteiger partial charge on any atom is -0.324 e. The fraction of sp³-hybridized carbons (Fsp3) is 1.00. The Balaban J connectivity index is 3.22. The van der Waals surface area contributed by atoms with Crippen LogP contribution in [-0.4, -0.2) is 20.8 Å². The van der Waals surface area contributed by atoms with Gasteiger partial charge in [-0.15, -0.1) is 23.2 Å². The monoisotopic (exact) mass is 220 g/mol. The van der Waals surface area contributed by atoms with Crippen LogP contribution in [0.1, 0.15) is 19.3 Å². The van der Waals surface area contributed by atoms with Crippen LogP contribution in [0.2, 0.25) is 0 Å². The molecule has 0 atom stereocenters. The Morgan fingerprint density at radius 3 is 2.18 bits per heavy atom. The Morgan fingerprint density at radius 1 is 1.27 bits per heavy atom. The molecule has 0 fully saturated rings. The molecule has 0 aromatic heterocycles. The van der Waals surface area contributed by atoms with Gasteiger partial charge in [0.25, 0.3) is 0 Å². The van der Waals surface area contributed by atoms with Crippen molar-refractivity contribution in [2.45, 2.75) is 24.1 Å². The third-order valence-electron chi connectivity index (χ3n) is 1.12. The average molecular weight is 221 g/mol. The summed E-state index contributed by atoms with van der Waals surface area (Å²) < 4.78 is 10.3. The van der Waals surface area contributed by atoms with Crippen LogP contribution in [0.3, 0.4) is 0 Å². The van der Waals surface area contributed by atoms with Crippen molar-refractivity contribution < 1.29 is 14.4 Å². The molecule has 0 saturated heterocycles. The fourth-order valence-corrected chi connectivity index (χ4v) is 1.56. The van der Waals surface area contributed by atoms with E-state index in [4.69, 9.17) is 33.0 Å². The predicted octanol–water partition coefficient (Wildman–Crippen LogP) is 2.14. The normalized spacial score (nSPS) is 12.5. The summed E-state index contributed by atoms with van der Waals surface area (Å²) in [5, 5.41) is 0. The van der Waals surface area contributed by atoms with Crippen LogP contribution in [0.5, 0.6) is 0 Å². The van der Waals surface area contributed by atoms with Crippen molar-refractivity contribution >= 4 is 30.8 Å². The van der Waals surface area contributed by atoms with Crippen molar-refractivity contribution in [3.63, 3.8) is 0 Å². The second kappa shape index (κ2) is 5.39. The van der Waals surface area contributed by atoms with Gasteiger partial charge in [0.05, 0.1) is 0 Å². The molecule has 3 nitrogen and oxygen atoms in total. The number of rotatable bonds is 5. The smallest absolute Gasteiger partial charge is 0.324 e. The molecular formula is C5H11Cl2O3P. The van der Waals surface area contributed by atoms with Gasteiger partial charge in [-0.05, 0) is 12.8 Å². The molecule has 0 spiro atoms. The Bertz CT molecular complexity index is 145. The summed E-state index contributed by atoms with van der Waals surface area (Å²) in [6, 6.07) is 0. The van der Waals surface area contributed by atoms with E-state index in [1.807, 2.05) is 0 Å². The van der Waals surface area contributed by atoms with Gasteiger partial charge in [-0.25, -0.2) is 0 Å². The lowest BCUT2D eigenvalue weighted by molar-refractivity contribution is 0.371. The van der Waals surface area contributed by atoms with Gasteiger partial charge in [0.2, 0.25) is 0 Å². The Hall–Kier alpha value is 0.730. The summed E-state index contributed by atoms with van der Waals surface area (Å²) in [4.78, 5) is 16.4. The lowest BCUT2D eigenvalue weighted by Gasteiger charge is -2.03. The zero-order valence-electron chi connectivity index (χ0n) is 5.91. The van der Waals surface area contributed by atoms with Gasteiger partial charge in [-0.2, -0.15) is 0 Å². The third kappa shape index (κ3) is 10.7. The maximum atomic E-state index is 10.3. The lowest BCUT2D eigenvalue weighted by atomic mass is 10.3. The predicted molar refractivity (Wildman–Crippen MR) is 46.3 cm³/mol. The Kier molecular flexibility index (Phi) is 5.75. The molecular weight excluding hydrogens is 210 g/mol. The van der Waals surface area contributed by atoms with E-state index in [9.17, 15) is 4.57 Å². The lowest BCUT2D eigenvalue weighted by Crippen LogP contribution is -1.91. The van der Waals surface area contributed by atoms with E-state index in [0.29, 0.717) is 19.3 Å². The minimum absolute atomic E-state index is 0.0759.